The van der Waals surface area contributed by atoms with Crippen molar-refractivity contribution in [2.24, 2.45) is 0 Å². The fraction of sp³-hybridized carbons (Fsp3) is 0.353. The second-order valence-corrected chi connectivity index (χ2v) is 7.38. The third-order valence-electron chi connectivity index (χ3n) is 3.73. The Morgan fingerprint density at radius 1 is 1.10 bits per heavy atom. The molecular weight excluding hydrogens is 500 g/mol. The molecule has 170 valence electrons. The number of carbonyl (C=O) groups excluding carboxylic acids is 3. The van der Waals surface area contributed by atoms with Crippen LogP contribution in [0.2, 0.25) is 0 Å². The number of rotatable bonds is 12. The molecule has 0 heterocycles. The first kappa shape index (κ1) is 26.2. The van der Waals surface area contributed by atoms with Crippen molar-refractivity contribution < 1.29 is 38.7 Å². The molecule has 1 aromatic rings. The van der Waals surface area contributed by atoms with Crippen LogP contribution in [-0.2, 0) is 19.2 Å². The van der Waals surface area contributed by atoms with Crippen LogP contribution in [0.3, 0.4) is 0 Å². The zero-order chi connectivity index (χ0) is 23.4. The summed E-state index contributed by atoms with van der Waals surface area (Å²) in [6, 6.07) is 4.93. The van der Waals surface area contributed by atoms with E-state index in [1.54, 1.807) is 30.3 Å². The quantitative estimate of drug-likeness (QED) is 0.172. The van der Waals surface area contributed by atoms with Gasteiger partial charge in [-0.3, -0.25) is 14.4 Å². The van der Waals surface area contributed by atoms with Crippen LogP contribution in [0.25, 0.3) is 0 Å². The second-order valence-electron chi connectivity index (χ2n) is 6.03. The van der Waals surface area contributed by atoms with Crippen molar-refractivity contribution in [3.8, 4) is 0 Å². The third-order valence-corrected chi connectivity index (χ3v) is 5.03. The summed E-state index contributed by atoms with van der Waals surface area (Å²) in [5.41, 5.74) is 0.440. The standard InChI is InChI=1S/C17H21BrN4O8S/c18-22(17(29)20-10-4-2-1-3-5-10)12(16(27)28)6-7-13(23)21-11(9-31-30)15(26)19-8-14(24)25/h1-5,11-12,30H,6-9H2,(H,19,26)(H,20,29)(H,21,23)(H,24,25)(H,27,28)/t11-,12-/m0/s1. The molecule has 1 rings (SSSR count). The van der Waals surface area contributed by atoms with Crippen molar-refractivity contribution in [3.05, 3.63) is 30.3 Å². The molecule has 0 unspecified atom stereocenters. The number of amides is 4. The first-order chi connectivity index (χ1) is 14.6. The summed E-state index contributed by atoms with van der Waals surface area (Å²) in [4.78, 5) is 58.4. The van der Waals surface area contributed by atoms with E-state index in [1.165, 1.54) is 0 Å². The minimum atomic E-state index is -1.40. The van der Waals surface area contributed by atoms with Crippen LogP contribution in [0, 0.1) is 0 Å². The Labute approximate surface area is 189 Å². The lowest BCUT2D eigenvalue weighted by Crippen LogP contribution is -2.49. The molecule has 0 aliphatic heterocycles. The number of nitrogens with zero attached hydrogens (tertiary/aromatic N) is 1. The van der Waals surface area contributed by atoms with E-state index in [9.17, 15) is 29.1 Å². The van der Waals surface area contributed by atoms with Crippen LogP contribution in [0.5, 0.6) is 0 Å². The smallest absolute Gasteiger partial charge is 0.332 e. The molecule has 0 saturated carbocycles. The van der Waals surface area contributed by atoms with Gasteiger partial charge < -0.3 is 30.7 Å². The highest BCUT2D eigenvalue weighted by molar-refractivity contribution is 9.07. The van der Waals surface area contributed by atoms with E-state index < -0.39 is 48.4 Å². The van der Waals surface area contributed by atoms with E-state index in [0.29, 0.717) is 5.69 Å². The van der Waals surface area contributed by atoms with Gasteiger partial charge in [-0.1, -0.05) is 18.2 Å². The zero-order valence-corrected chi connectivity index (χ0v) is 18.4. The first-order valence-corrected chi connectivity index (χ1v) is 10.4. The molecule has 0 radical (unpaired) electrons. The molecule has 0 aliphatic carbocycles. The van der Waals surface area contributed by atoms with E-state index in [-0.39, 0.29) is 30.6 Å². The van der Waals surface area contributed by atoms with E-state index in [2.05, 4.69) is 32.1 Å². The number of para-hydroxylation sites is 1. The van der Waals surface area contributed by atoms with Gasteiger partial charge in [-0.05, 0) is 30.6 Å². The van der Waals surface area contributed by atoms with Gasteiger partial charge in [0.1, 0.15) is 18.6 Å². The van der Waals surface area contributed by atoms with Gasteiger partial charge >= 0.3 is 18.0 Å². The Morgan fingerprint density at radius 3 is 2.29 bits per heavy atom. The van der Waals surface area contributed by atoms with Crippen molar-refractivity contribution in [2.45, 2.75) is 24.9 Å². The van der Waals surface area contributed by atoms with Crippen LogP contribution in [0.4, 0.5) is 10.5 Å². The molecule has 0 spiro atoms. The third kappa shape index (κ3) is 9.67. The highest BCUT2D eigenvalue weighted by atomic mass is 79.9. The van der Waals surface area contributed by atoms with Gasteiger partial charge in [0, 0.05) is 17.9 Å². The van der Waals surface area contributed by atoms with Crippen LogP contribution >= 0.6 is 28.2 Å². The molecule has 1 aromatic carbocycles. The van der Waals surface area contributed by atoms with Crippen LogP contribution in [0.1, 0.15) is 12.8 Å². The molecule has 6 N–H and O–H groups in total. The number of nitrogens with one attached hydrogen (secondary N) is 3. The summed E-state index contributed by atoms with van der Waals surface area (Å²) in [6.45, 7) is -0.669. The largest absolute Gasteiger partial charge is 0.480 e. The number of benzene rings is 1. The molecular formula is C17H21BrN4O8S. The lowest BCUT2D eigenvalue weighted by Gasteiger charge is -2.23. The first-order valence-electron chi connectivity index (χ1n) is 8.74. The Kier molecular flexibility index (Phi) is 11.4. The van der Waals surface area contributed by atoms with Crippen LogP contribution < -0.4 is 16.0 Å². The van der Waals surface area contributed by atoms with Crippen molar-refractivity contribution in [3.63, 3.8) is 0 Å². The number of urea groups is 1. The molecule has 4 amide bonds. The SMILES string of the molecule is O=C(O)CNC(=O)[C@H](CSO)NC(=O)CC[C@@H](C(=O)O)N(Br)C(=O)Nc1ccccc1. The number of carbonyl (C=O) groups is 5. The maximum atomic E-state index is 12.3. The Morgan fingerprint density at radius 2 is 1.74 bits per heavy atom. The summed E-state index contributed by atoms with van der Waals surface area (Å²) in [7, 11) is 0. The van der Waals surface area contributed by atoms with E-state index >= 15 is 0 Å². The summed E-state index contributed by atoms with van der Waals surface area (Å²) >= 11 is 3.17. The number of anilines is 1. The normalized spacial score (nSPS) is 12.2. The Bertz CT molecular complexity index is 798. The van der Waals surface area contributed by atoms with E-state index in [0.717, 1.165) is 3.93 Å². The van der Waals surface area contributed by atoms with E-state index in [1.807, 2.05) is 0 Å². The Balaban J connectivity index is 2.66. The van der Waals surface area contributed by atoms with Gasteiger partial charge in [0.25, 0.3) is 0 Å². The number of aliphatic carboxylic acids is 2. The molecule has 0 fully saturated rings. The van der Waals surface area contributed by atoms with Gasteiger partial charge in [0.2, 0.25) is 11.8 Å². The fourth-order valence-electron chi connectivity index (χ4n) is 2.25. The van der Waals surface area contributed by atoms with E-state index in [4.69, 9.17) is 9.66 Å². The van der Waals surface area contributed by atoms with Gasteiger partial charge in [-0.25, -0.2) is 13.5 Å². The van der Waals surface area contributed by atoms with Gasteiger partial charge in [0.15, 0.2) is 0 Å². The lowest BCUT2D eigenvalue weighted by molar-refractivity contribution is -0.141. The summed E-state index contributed by atoms with van der Waals surface area (Å²) in [5.74, 6) is -4.44. The average molecular weight is 521 g/mol. The van der Waals surface area contributed by atoms with Crippen molar-refractivity contribution >= 4 is 63.7 Å². The minimum absolute atomic E-state index is 0.246. The summed E-state index contributed by atoms with van der Waals surface area (Å²) in [5, 5.41) is 24.9. The fourth-order valence-corrected chi connectivity index (χ4v) is 3.10. The van der Waals surface area contributed by atoms with Crippen molar-refractivity contribution in [1.29, 1.82) is 0 Å². The zero-order valence-electron chi connectivity index (χ0n) is 16.0. The maximum Gasteiger partial charge on any atom is 0.332 e. The average Bonchev–Trinajstić information content (AvgIpc) is 2.72. The molecule has 0 aliphatic rings. The van der Waals surface area contributed by atoms with Gasteiger partial charge in [-0.2, -0.15) is 0 Å². The topological polar surface area (TPSA) is 185 Å². The molecule has 0 aromatic heterocycles. The Hall–Kier alpha value is -2.84. The molecule has 2 atom stereocenters. The predicted molar refractivity (Wildman–Crippen MR) is 115 cm³/mol. The number of carboxylic acids is 2. The van der Waals surface area contributed by atoms with Gasteiger partial charge in [-0.15, -0.1) is 0 Å². The number of hydrogen-bond acceptors (Lipinski definition) is 7. The van der Waals surface area contributed by atoms with Crippen molar-refractivity contribution in [2.75, 3.05) is 17.6 Å². The minimum Gasteiger partial charge on any atom is -0.480 e. The molecule has 0 saturated heterocycles. The van der Waals surface area contributed by atoms with Crippen LogP contribution in [-0.4, -0.2) is 72.9 Å². The molecule has 14 heteroatoms. The molecule has 12 nitrogen and oxygen atoms in total. The van der Waals surface area contributed by atoms with Gasteiger partial charge in [0.05, 0.1) is 16.1 Å². The highest BCUT2D eigenvalue weighted by Crippen LogP contribution is 2.16. The number of carboxylic acid groups (broad SMARTS) is 2. The molecule has 0 bridgehead atoms. The maximum absolute atomic E-state index is 12.3. The number of hydrogen-bond donors (Lipinski definition) is 6. The van der Waals surface area contributed by atoms with Crippen molar-refractivity contribution in [1.82, 2.24) is 14.6 Å². The number of halogens is 1. The predicted octanol–water partition coefficient (Wildman–Crippen LogP) is 0.956. The summed E-state index contributed by atoms with van der Waals surface area (Å²) in [6.07, 6.45) is -0.652. The monoisotopic (exact) mass is 520 g/mol. The second kappa shape index (κ2) is 13.5. The molecule has 31 heavy (non-hydrogen) atoms. The highest BCUT2D eigenvalue weighted by Gasteiger charge is 2.30. The van der Waals surface area contributed by atoms with Crippen LogP contribution in [0.15, 0.2) is 30.3 Å². The lowest BCUT2D eigenvalue weighted by atomic mass is 10.1. The summed E-state index contributed by atoms with van der Waals surface area (Å²) < 4.78 is 9.72.